The highest BCUT2D eigenvalue weighted by atomic mass is 19.1. The van der Waals surface area contributed by atoms with Crippen LogP contribution in [-0.2, 0) is 6.42 Å². The van der Waals surface area contributed by atoms with Crippen LogP contribution in [0.1, 0.15) is 61.9 Å². The summed E-state index contributed by atoms with van der Waals surface area (Å²) >= 11 is 0. The highest BCUT2D eigenvalue weighted by Gasteiger charge is 2.23. The first kappa shape index (κ1) is 16.1. The summed E-state index contributed by atoms with van der Waals surface area (Å²) in [6.45, 7) is 4.18. The van der Waals surface area contributed by atoms with Crippen LogP contribution in [0.2, 0.25) is 0 Å². The second kappa shape index (κ2) is 6.77. The van der Waals surface area contributed by atoms with Crippen molar-refractivity contribution in [1.29, 1.82) is 0 Å². The highest BCUT2D eigenvalue weighted by molar-refractivity contribution is 6.00. The lowest BCUT2D eigenvalue weighted by atomic mass is 9.90. The predicted molar refractivity (Wildman–Crippen MR) is 91.1 cm³/mol. The molecule has 1 aromatic heterocycles. The van der Waals surface area contributed by atoms with Crippen LogP contribution in [0.25, 0.3) is 10.9 Å². The van der Waals surface area contributed by atoms with E-state index in [1.54, 1.807) is 12.1 Å². The molecular formula is C20H24FNO. The molecule has 1 aliphatic carbocycles. The number of hydrogen-bond acceptors (Lipinski definition) is 2. The third-order valence-electron chi connectivity index (χ3n) is 5.13. The van der Waals surface area contributed by atoms with Crippen molar-refractivity contribution in [2.45, 2.75) is 52.4 Å². The monoisotopic (exact) mass is 313 g/mol. The van der Waals surface area contributed by atoms with E-state index in [-0.39, 0.29) is 11.7 Å². The number of nitrogens with zero attached hydrogens (tertiary/aromatic N) is 1. The van der Waals surface area contributed by atoms with Gasteiger partial charge in [-0.25, -0.2) is 4.98 Å². The fraction of sp³-hybridized carbons (Fsp3) is 0.500. The first-order valence-corrected chi connectivity index (χ1v) is 8.72. The molecule has 23 heavy (non-hydrogen) atoms. The van der Waals surface area contributed by atoms with E-state index in [0.717, 1.165) is 42.6 Å². The van der Waals surface area contributed by atoms with Crippen LogP contribution >= 0.6 is 0 Å². The molecule has 1 saturated carbocycles. The smallest absolute Gasteiger partial charge is 0.216 e. The fourth-order valence-electron chi connectivity index (χ4n) is 3.58. The van der Waals surface area contributed by atoms with Gasteiger partial charge in [-0.1, -0.05) is 33.1 Å². The summed E-state index contributed by atoms with van der Waals surface area (Å²) in [6.07, 6.45) is 6.08. The van der Waals surface area contributed by atoms with Crippen LogP contribution < -0.4 is 0 Å². The molecule has 2 nitrogen and oxygen atoms in total. The molecule has 0 bridgehead atoms. The van der Waals surface area contributed by atoms with E-state index in [2.05, 4.69) is 11.9 Å². The number of benzene rings is 1. The minimum absolute atomic E-state index is 0.136. The average Bonchev–Trinajstić information content (AvgIpc) is 2.77. The number of Topliss-reactive ketones (excluding diaryl/α,β-unsaturated/α-hetero) is 1. The summed E-state index contributed by atoms with van der Waals surface area (Å²) in [7, 11) is 0. The highest BCUT2D eigenvalue weighted by Crippen LogP contribution is 2.30. The number of aryl methyl sites for hydroxylation is 1. The number of hydrogen-bond donors (Lipinski definition) is 0. The molecule has 1 heterocycles. The quantitative estimate of drug-likeness (QED) is 0.435. The van der Waals surface area contributed by atoms with Gasteiger partial charge < -0.3 is 0 Å². The van der Waals surface area contributed by atoms with Crippen molar-refractivity contribution in [3.8, 4) is 0 Å². The summed E-state index contributed by atoms with van der Waals surface area (Å²) in [5.74, 6) is 0.695. The lowest BCUT2D eigenvalue weighted by Gasteiger charge is -2.13. The summed E-state index contributed by atoms with van der Waals surface area (Å²) in [4.78, 5) is 16.8. The second-order valence-electron chi connectivity index (χ2n) is 6.87. The number of ketones is 1. The van der Waals surface area contributed by atoms with E-state index in [9.17, 15) is 9.18 Å². The first-order valence-electron chi connectivity index (χ1n) is 8.72. The lowest BCUT2D eigenvalue weighted by Crippen LogP contribution is -2.14. The van der Waals surface area contributed by atoms with Gasteiger partial charge in [-0.15, -0.1) is 0 Å². The van der Waals surface area contributed by atoms with Crippen LogP contribution in [0.3, 0.4) is 0 Å². The summed E-state index contributed by atoms with van der Waals surface area (Å²) in [6, 6.07) is 7.28. The van der Waals surface area contributed by atoms with Gasteiger partial charge in [0.15, 0.2) is 5.78 Å². The molecule has 0 N–H and O–H groups in total. The Morgan fingerprint density at radius 2 is 2.04 bits per heavy atom. The Morgan fingerprint density at radius 1 is 1.22 bits per heavy atom. The maximum absolute atomic E-state index is 13.8. The molecule has 1 fully saturated rings. The Morgan fingerprint density at radius 3 is 2.83 bits per heavy atom. The number of aromatic nitrogens is 1. The molecule has 3 heteroatoms. The number of fused-ring (bicyclic) bond motifs is 1. The van der Waals surface area contributed by atoms with Crippen molar-refractivity contribution in [3.05, 3.63) is 41.3 Å². The van der Waals surface area contributed by atoms with Crippen LogP contribution in [0.15, 0.2) is 24.3 Å². The summed E-state index contributed by atoms with van der Waals surface area (Å²) in [5.41, 5.74) is 1.96. The van der Waals surface area contributed by atoms with Gasteiger partial charge in [0, 0.05) is 22.4 Å². The van der Waals surface area contributed by atoms with Crippen molar-refractivity contribution in [2.75, 3.05) is 0 Å². The number of rotatable bonds is 3. The van der Waals surface area contributed by atoms with E-state index >= 15 is 0 Å². The molecule has 0 aliphatic heterocycles. The van der Waals surface area contributed by atoms with Crippen molar-refractivity contribution < 1.29 is 9.18 Å². The standard InChI is InChI=1S/C20H24FNO/c1-3-14-11-17-12-16(9-10-18(17)22-20(14)21)19(23)15-6-4-5-13(2)7-8-15/h9-13,15H,3-8H2,1-2H3. The third kappa shape index (κ3) is 3.44. The van der Waals surface area contributed by atoms with Gasteiger partial charge in [0.1, 0.15) is 0 Å². The molecule has 0 amide bonds. The maximum Gasteiger partial charge on any atom is 0.216 e. The Kier molecular flexibility index (Phi) is 4.74. The molecule has 2 unspecified atom stereocenters. The van der Waals surface area contributed by atoms with E-state index in [1.807, 2.05) is 19.1 Å². The third-order valence-corrected chi connectivity index (χ3v) is 5.13. The molecule has 1 aliphatic rings. The maximum atomic E-state index is 13.8. The van der Waals surface area contributed by atoms with Gasteiger partial charge in [0.2, 0.25) is 5.95 Å². The van der Waals surface area contributed by atoms with Crippen LogP contribution in [-0.4, -0.2) is 10.8 Å². The summed E-state index contributed by atoms with van der Waals surface area (Å²) in [5, 5.41) is 0.857. The topological polar surface area (TPSA) is 30.0 Å². The minimum Gasteiger partial charge on any atom is -0.294 e. The van der Waals surface area contributed by atoms with E-state index in [4.69, 9.17) is 0 Å². The molecule has 122 valence electrons. The fourth-order valence-corrected chi connectivity index (χ4v) is 3.58. The van der Waals surface area contributed by atoms with Gasteiger partial charge in [-0.3, -0.25) is 4.79 Å². The normalized spacial score (nSPS) is 22.0. The van der Waals surface area contributed by atoms with Crippen molar-refractivity contribution in [2.24, 2.45) is 11.8 Å². The van der Waals surface area contributed by atoms with Crippen molar-refractivity contribution in [3.63, 3.8) is 0 Å². The molecule has 0 spiro atoms. The Hall–Kier alpha value is -1.77. The van der Waals surface area contributed by atoms with Gasteiger partial charge in [-0.05, 0) is 49.4 Å². The number of pyridine rings is 1. The van der Waals surface area contributed by atoms with E-state index < -0.39 is 5.95 Å². The summed E-state index contributed by atoms with van der Waals surface area (Å²) < 4.78 is 13.8. The van der Waals surface area contributed by atoms with Crippen molar-refractivity contribution in [1.82, 2.24) is 4.98 Å². The molecule has 0 saturated heterocycles. The Balaban J connectivity index is 1.90. The van der Waals surface area contributed by atoms with E-state index in [1.165, 1.54) is 6.42 Å². The molecule has 1 aromatic carbocycles. The number of halogens is 1. The van der Waals surface area contributed by atoms with Gasteiger partial charge in [-0.2, -0.15) is 4.39 Å². The molecular weight excluding hydrogens is 289 g/mol. The first-order chi connectivity index (χ1) is 11.1. The second-order valence-corrected chi connectivity index (χ2v) is 6.87. The number of carbonyl (C=O) groups is 1. The van der Waals surface area contributed by atoms with Crippen molar-refractivity contribution >= 4 is 16.7 Å². The van der Waals surface area contributed by atoms with Crippen LogP contribution in [0, 0.1) is 17.8 Å². The van der Waals surface area contributed by atoms with E-state index in [0.29, 0.717) is 17.5 Å². The largest absolute Gasteiger partial charge is 0.294 e. The van der Waals surface area contributed by atoms with Gasteiger partial charge in [0.25, 0.3) is 0 Å². The molecule has 2 aromatic rings. The SMILES string of the molecule is CCc1cc2cc(C(=O)C3CCCC(C)CC3)ccc2nc1F. The van der Waals surface area contributed by atoms with Gasteiger partial charge in [0.05, 0.1) is 5.52 Å². The predicted octanol–water partition coefficient (Wildman–Crippen LogP) is 5.34. The number of carbonyl (C=O) groups excluding carboxylic acids is 1. The molecule has 3 rings (SSSR count). The lowest BCUT2D eigenvalue weighted by molar-refractivity contribution is 0.0907. The Bertz CT molecular complexity index is 725. The Labute approximate surface area is 137 Å². The van der Waals surface area contributed by atoms with Crippen LogP contribution in [0.4, 0.5) is 4.39 Å². The zero-order valence-corrected chi connectivity index (χ0v) is 13.9. The minimum atomic E-state index is -0.406. The zero-order valence-electron chi connectivity index (χ0n) is 13.9. The zero-order chi connectivity index (χ0) is 16.4. The molecule has 0 radical (unpaired) electrons. The van der Waals surface area contributed by atoms with Gasteiger partial charge >= 0.3 is 0 Å². The average molecular weight is 313 g/mol. The molecule has 2 atom stereocenters. The van der Waals surface area contributed by atoms with Crippen LogP contribution in [0.5, 0.6) is 0 Å².